The molecule has 5 rings (SSSR count). The molecule has 158 valence electrons. The van der Waals surface area contributed by atoms with Crippen LogP contribution in [0.5, 0.6) is 5.75 Å². The number of piperazine rings is 1. The number of carbonyl (C=O) groups is 1. The molecule has 1 amide bonds. The molecule has 5 heterocycles. The van der Waals surface area contributed by atoms with Gasteiger partial charge < -0.3 is 14.7 Å². The zero-order valence-electron chi connectivity index (χ0n) is 17.1. The maximum Gasteiger partial charge on any atom is 0.410 e. The summed E-state index contributed by atoms with van der Waals surface area (Å²) in [5.41, 5.74) is 0.673. The molecule has 0 saturated carbocycles. The number of thiazole rings is 1. The fraction of sp³-hybridized carbons (Fsp3) is 0.500. The number of pyridine rings is 1. The predicted molar refractivity (Wildman–Crippen MR) is 113 cm³/mol. The Morgan fingerprint density at radius 1 is 1.23 bits per heavy atom. The SMILES string of the molecule is CC(C)(C)OC(=O)N1C2CCC1CN(c1nc3c(O)ccc(-c4nccs4)n3n1)C2. The number of aromatic hydroxyl groups is 1. The number of nitrogens with zero attached hydrogens (tertiary/aromatic N) is 6. The molecule has 1 N–H and O–H groups in total. The molecular formula is C20H24N6O3S. The van der Waals surface area contributed by atoms with E-state index in [1.165, 1.54) is 11.3 Å². The summed E-state index contributed by atoms with van der Waals surface area (Å²) in [6.07, 6.45) is 3.36. The summed E-state index contributed by atoms with van der Waals surface area (Å²) < 4.78 is 7.26. The highest BCUT2D eigenvalue weighted by Crippen LogP contribution is 2.34. The number of hydrogen-bond acceptors (Lipinski definition) is 8. The van der Waals surface area contributed by atoms with E-state index < -0.39 is 5.60 Å². The second-order valence-corrected chi connectivity index (χ2v) is 9.66. The summed E-state index contributed by atoms with van der Waals surface area (Å²) in [7, 11) is 0. The van der Waals surface area contributed by atoms with E-state index in [1.807, 2.05) is 31.1 Å². The number of ether oxygens (including phenoxy) is 1. The van der Waals surface area contributed by atoms with Crippen LogP contribution in [0.4, 0.5) is 10.7 Å². The lowest BCUT2D eigenvalue weighted by atomic mass is 10.2. The maximum absolute atomic E-state index is 12.7. The van der Waals surface area contributed by atoms with Crippen LogP contribution in [0, 0.1) is 0 Å². The van der Waals surface area contributed by atoms with Crippen LogP contribution in [0.15, 0.2) is 23.7 Å². The number of aromatic nitrogens is 4. The Morgan fingerprint density at radius 3 is 2.60 bits per heavy atom. The zero-order chi connectivity index (χ0) is 21.0. The van der Waals surface area contributed by atoms with Gasteiger partial charge in [-0.15, -0.1) is 16.4 Å². The van der Waals surface area contributed by atoms with Gasteiger partial charge in [-0.25, -0.2) is 14.3 Å². The van der Waals surface area contributed by atoms with E-state index in [9.17, 15) is 9.90 Å². The molecule has 0 radical (unpaired) electrons. The highest BCUT2D eigenvalue weighted by atomic mass is 32.1. The van der Waals surface area contributed by atoms with Crippen molar-refractivity contribution in [2.45, 2.75) is 51.3 Å². The van der Waals surface area contributed by atoms with Crippen molar-refractivity contribution in [3.8, 4) is 16.5 Å². The number of rotatable bonds is 2. The molecule has 0 aliphatic carbocycles. The van der Waals surface area contributed by atoms with Crippen LogP contribution in [0.25, 0.3) is 16.3 Å². The van der Waals surface area contributed by atoms with Gasteiger partial charge >= 0.3 is 6.09 Å². The van der Waals surface area contributed by atoms with Crippen molar-refractivity contribution >= 4 is 29.0 Å². The van der Waals surface area contributed by atoms with E-state index in [4.69, 9.17) is 4.74 Å². The van der Waals surface area contributed by atoms with Crippen LogP contribution >= 0.6 is 11.3 Å². The predicted octanol–water partition coefficient (Wildman–Crippen LogP) is 3.15. The molecule has 3 aromatic heterocycles. The Labute approximate surface area is 177 Å². The van der Waals surface area contributed by atoms with E-state index in [1.54, 1.807) is 22.8 Å². The second-order valence-electron chi connectivity index (χ2n) is 8.77. The Hall–Kier alpha value is -2.88. The molecule has 2 atom stereocenters. The van der Waals surface area contributed by atoms with Gasteiger partial charge in [-0.05, 0) is 45.7 Å². The summed E-state index contributed by atoms with van der Waals surface area (Å²) in [5.74, 6) is 0.625. The van der Waals surface area contributed by atoms with Gasteiger partial charge in [0.15, 0.2) is 11.4 Å². The van der Waals surface area contributed by atoms with Crippen molar-refractivity contribution in [2.24, 2.45) is 0 Å². The van der Waals surface area contributed by atoms with Crippen LogP contribution in [0.2, 0.25) is 0 Å². The minimum absolute atomic E-state index is 0.0669. The average Bonchev–Trinajstić information content (AvgIpc) is 3.39. The van der Waals surface area contributed by atoms with Gasteiger partial charge in [0.2, 0.25) is 5.95 Å². The Morgan fingerprint density at radius 2 is 1.97 bits per heavy atom. The molecule has 9 nitrogen and oxygen atoms in total. The molecule has 0 spiro atoms. The Kier molecular flexibility index (Phi) is 4.35. The van der Waals surface area contributed by atoms with Gasteiger partial charge in [-0.2, -0.15) is 4.98 Å². The van der Waals surface area contributed by atoms with E-state index in [2.05, 4.69) is 20.0 Å². The van der Waals surface area contributed by atoms with E-state index in [0.29, 0.717) is 24.7 Å². The monoisotopic (exact) mass is 428 g/mol. The van der Waals surface area contributed by atoms with E-state index >= 15 is 0 Å². The summed E-state index contributed by atoms with van der Waals surface area (Å²) in [6, 6.07) is 3.55. The quantitative estimate of drug-likeness (QED) is 0.670. The van der Waals surface area contributed by atoms with Crippen molar-refractivity contribution in [3.05, 3.63) is 23.7 Å². The zero-order valence-corrected chi connectivity index (χ0v) is 18.0. The molecular weight excluding hydrogens is 404 g/mol. The fourth-order valence-electron chi connectivity index (χ4n) is 4.26. The van der Waals surface area contributed by atoms with Crippen molar-refractivity contribution in [3.63, 3.8) is 0 Å². The van der Waals surface area contributed by atoms with Gasteiger partial charge in [0.05, 0.1) is 12.1 Å². The van der Waals surface area contributed by atoms with E-state index in [0.717, 1.165) is 23.5 Å². The van der Waals surface area contributed by atoms with E-state index in [-0.39, 0.29) is 23.9 Å². The molecule has 2 aliphatic heterocycles. The first-order valence-corrected chi connectivity index (χ1v) is 10.9. The average molecular weight is 429 g/mol. The molecule has 2 saturated heterocycles. The summed E-state index contributed by atoms with van der Waals surface area (Å²) in [6.45, 7) is 6.93. The van der Waals surface area contributed by atoms with Crippen LogP contribution < -0.4 is 4.90 Å². The van der Waals surface area contributed by atoms with Gasteiger partial charge in [-0.3, -0.25) is 4.90 Å². The molecule has 2 aliphatic rings. The minimum atomic E-state index is -0.513. The lowest BCUT2D eigenvalue weighted by Gasteiger charge is -2.40. The third kappa shape index (κ3) is 3.24. The van der Waals surface area contributed by atoms with Gasteiger partial charge in [0.25, 0.3) is 0 Å². The Bertz CT molecular complexity index is 1080. The summed E-state index contributed by atoms with van der Waals surface area (Å²) >= 11 is 1.51. The number of fused-ring (bicyclic) bond motifs is 3. The number of carbonyl (C=O) groups excluding carboxylic acids is 1. The third-order valence-electron chi connectivity index (χ3n) is 5.47. The summed E-state index contributed by atoms with van der Waals surface area (Å²) in [4.78, 5) is 25.6. The van der Waals surface area contributed by atoms with Crippen molar-refractivity contribution in [1.82, 2.24) is 24.5 Å². The second kappa shape index (κ2) is 6.83. The summed E-state index contributed by atoms with van der Waals surface area (Å²) in [5, 5.41) is 17.7. The number of anilines is 1. The topological polar surface area (TPSA) is 96.1 Å². The molecule has 2 bridgehead atoms. The third-order valence-corrected chi connectivity index (χ3v) is 6.27. The molecule has 30 heavy (non-hydrogen) atoms. The number of amides is 1. The molecule has 3 aromatic rings. The first kappa shape index (κ1) is 19.1. The van der Waals surface area contributed by atoms with Crippen LogP contribution in [-0.2, 0) is 4.74 Å². The fourth-order valence-corrected chi connectivity index (χ4v) is 4.91. The van der Waals surface area contributed by atoms with Crippen LogP contribution in [0.3, 0.4) is 0 Å². The first-order chi connectivity index (χ1) is 14.3. The Balaban J connectivity index is 1.43. The van der Waals surface area contributed by atoms with Crippen LogP contribution in [0.1, 0.15) is 33.6 Å². The molecule has 2 fully saturated rings. The normalized spacial score (nSPS) is 21.4. The molecule has 0 aromatic carbocycles. The van der Waals surface area contributed by atoms with Crippen LogP contribution in [-0.4, -0.2) is 66.5 Å². The smallest absolute Gasteiger partial charge is 0.410 e. The maximum atomic E-state index is 12.7. The van der Waals surface area contributed by atoms with Gasteiger partial charge in [0, 0.05) is 24.7 Å². The molecule has 2 unspecified atom stereocenters. The standard InChI is InChI=1S/C20H24N6O3S/c1-20(2,3)29-19(28)25-12-4-5-13(25)11-24(10-12)18-22-16-15(27)7-6-14(26(16)23-18)17-21-8-9-30-17/h6-9,12-13,27H,4-5,10-11H2,1-3H3. The molecule has 10 heteroatoms. The highest BCUT2D eigenvalue weighted by molar-refractivity contribution is 7.13. The largest absolute Gasteiger partial charge is 0.504 e. The lowest BCUT2D eigenvalue weighted by Crippen LogP contribution is -2.57. The van der Waals surface area contributed by atoms with Crippen molar-refractivity contribution < 1.29 is 14.6 Å². The lowest BCUT2D eigenvalue weighted by molar-refractivity contribution is 0.0122. The highest BCUT2D eigenvalue weighted by Gasteiger charge is 2.45. The van der Waals surface area contributed by atoms with Gasteiger partial charge in [0.1, 0.15) is 16.3 Å². The van der Waals surface area contributed by atoms with Gasteiger partial charge in [-0.1, -0.05) is 0 Å². The first-order valence-electron chi connectivity index (χ1n) is 10.0. The number of hydrogen-bond donors (Lipinski definition) is 1. The van der Waals surface area contributed by atoms with Crippen molar-refractivity contribution in [1.29, 1.82) is 0 Å². The minimum Gasteiger partial charge on any atom is -0.504 e. The van der Waals surface area contributed by atoms with Crippen molar-refractivity contribution in [2.75, 3.05) is 18.0 Å².